The fourth-order valence-corrected chi connectivity index (χ4v) is 1.72. The molecule has 0 fully saturated rings. The average molecular weight is 241 g/mol. The van der Waals surface area contributed by atoms with Crippen LogP contribution in [0.4, 0.5) is 4.79 Å². The molecular formula is C13H27N3O. The lowest BCUT2D eigenvalue weighted by Crippen LogP contribution is -2.24. The van der Waals surface area contributed by atoms with E-state index in [1.807, 2.05) is 0 Å². The lowest BCUT2D eigenvalue weighted by molar-refractivity contribution is 0.249. The van der Waals surface area contributed by atoms with Crippen molar-refractivity contribution < 1.29 is 4.79 Å². The molecule has 100 valence electrons. The van der Waals surface area contributed by atoms with Gasteiger partial charge < -0.3 is 5.73 Å². The first-order valence-corrected chi connectivity index (χ1v) is 6.84. The standard InChI is InChI=1S/C13H27N3O/c1-2-3-4-5-6-7-8-9-10-11-12-15-16-13(14)17/h12H,2-11H2,1H3,(H3,14,16,17). The van der Waals surface area contributed by atoms with Crippen LogP contribution in [0.5, 0.6) is 0 Å². The SMILES string of the molecule is CCCCCCCCCCCC=NNC(N)=O. The van der Waals surface area contributed by atoms with Gasteiger partial charge in [0.25, 0.3) is 0 Å². The predicted octanol–water partition coefficient (Wildman–Crippen LogP) is 3.56. The number of nitrogens with one attached hydrogen (secondary N) is 1. The third-order valence-corrected chi connectivity index (χ3v) is 2.70. The lowest BCUT2D eigenvalue weighted by atomic mass is 10.1. The smallest absolute Gasteiger partial charge is 0.332 e. The Hall–Kier alpha value is -1.06. The van der Waals surface area contributed by atoms with Crippen LogP contribution in [0.1, 0.15) is 71.1 Å². The molecule has 0 unspecified atom stereocenters. The highest BCUT2D eigenvalue weighted by molar-refractivity contribution is 5.72. The Morgan fingerprint density at radius 3 is 2.12 bits per heavy atom. The van der Waals surface area contributed by atoms with Gasteiger partial charge in [0.15, 0.2) is 0 Å². The van der Waals surface area contributed by atoms with Crippen molar-refractivity contribution in [3.8, 4) is 0 Å². The number of urea groups is 1. The fourth-order valence-electron chi connectivity index (χ4n) is 1.72. The molecule has 0 aromatic carbocycles. The minimum Gasteiger partial charge on any atom is -0.350 e. The first-order valence-electron chi connectivity index (χ1n) is 6.84. The predicted molar refractivity (Wildman–Crippen MR) is 73.1 cm³/mol. The number of unbranched alkanes of at least 4 members (excludes halogenated alkanes) is 9. The van der Waals surface area contributed by atoms with E-state index in [-0.39, 0.29) is 0 Å². The molecule has 0 saturated heterocycles. The van der Waals surface area contributed by atoms with Crippen molar-refractivity contribution in [3.63, 3.8) is 0 Å². The summed E-state index contributed by atoms with van der Waals surface area (Å²) in [7, 11) is 0. The second-order valence-electron chi connectivity index (χ2n) is 4.40. The molecule has 3 N–H and O–H groups in total. The molecule has 2 amide bonds. The Morgan fingerprint density at radius 1 is 1.06 bits per heavy atom. The minimum absolute atomic E-state index is 0.603. The number of hydrogen-bond donors (Lipinski definition) is 2. The molecule has 0 radical (unpaired) electrons. The summed E-state index contributed by atoms with van der Waals surface area (Å²) in [6.45, 7) is 2.24. The summed E-state index contributed by atoms with van der Waals surface area (Å²) in [5.41, 5.74) is 7.04. The Morgan fingerprint density at radius 2 is 1.59 bits per heavy atom. The van der Waals surface area contributed by atoms with Crippen molar-refractivity contribution in [2.75, 3.05) is 0 Å². The monoisotopic (exact) mass is 241 g/mol. The van der Waals surface area contributed by atoms with E-state index in [1.54, 1.807) is 6.21 Å². The van der Waals surface area contributed by atoms with E-state index in [2.05, 4.69) is 17.5 Å². The zero-order valence-corrected chi connectivity index (χ0v) is 11.1. The van der Waals surface area contributed by atoms with Crippen molar-refractivity contribution in [2.24, 2.45) is 10.8 Å². The Balaban J connectivity index is 3.03. The van der Waals surface area contributed by atoms with Crippen LogP contribution in [-0.2, 0) is 0 Å². The van der Waals surface area contributed by atoms with Crippen LogP contribution in [0, 0.1) is 0 Å². The highest BCUT2D eigenvalue weighted by atomic mass is 16.2. The molecule has 0 spiro atoms. The van der Waals surface area contributed by atoms with Crippen LogP contribution in [-0.4, -0.2) is 12.2 Å². The third kappa shape index (κ3) is 14.9. The molecule has 0 aromatic rings. The number of nitrogens with two attached hydrogens (primary N) is 1. The second-order valence-corrected chi connectivity index (χ2v) is 4.40. The van der Waals surface area contributed by atoms with Crippen molar-refractivity contribution in [3.05, 3.63) is 0 Å². The molecule has 4 nitrogen and oxygen atoms in total. The normalized spacial score (nSPS) is 10.9. The van der Waals surface area contributed by atoms with Gasteiger partial charge in [-0.05, 0) is 12.8 Å². The van der Waals surface area contributed by atoms with E-state index in [0.29, 0.717) is 0 Å². The Bertz CT molecular complexity index is 205. The molecule has 0 aliphatic carbocycles. The average Bonchev–Trinajstić information content (AvgIpc) is 2.30. The first kappa shape index (κ1) is 15.9. The quantitative estimate of drug-likeness (QED) is 0.324. The number of rotatable bonds is 11. The highest BCUT2D eigenvalue weighted by Gasteiger charge is 1.91. The summed E-state index contributed by atoms with van der Waals surface area (Å²) < 4.78 is 0. The summed E-state index contributed by atoms with van der Waals surface area (Å²) in [5, 5.41) is 3.69. The maximum absolute atomic E-state index is 10.3. The molecule has 0 aliphatic heterocycles. The first-order chi connectivity index (χ1) is 8.27. The van der Waals surface area contributed by atoms with Gasteiger partial charge in [0.1, 0.15) is 0 Å². The minimum atomic E-state index is -0.603. The van der Waals surface area contributed by atoms with Crippen molar-refractivity contribution >= 4 is 12.2 Å². The molecule has 17 heavy (non-hydrogen) atoms. The number of hydrogen-bond acceptors (Lipinski definition) is 2. The third-order valence-electron chi connectivity index (χ3n) is 2.70. The van der Waals surface area contributed by atoms with E-state index < -0.39 is 6.03 Å². The van der Waals surface area contributed by atoms with Gasteiger partial charge in [-0.3, -0.25) is 0 Å². The molecule has 0 rings (SSSR count). The number of hydrazone groups is 1. The van der Waals surface area contributed by atoms with Gasteiger partial charge in [0, 0.05) is 6.21 Å². The maximum atomic E-state index is 10.3. The van der Waals surface area contributed by atoms with E-state index in [0.717, 1.165) is 12.8 Å². The number of carbonyl (C=O) groups excluding carboxylic acids is 1. The lowest BCUT2D eigenvalue weighted by Gasteiger charge is -2.00. The van der Waals surface area contributed by atoms with Crippen LogP contribution < -0.4 is 11.2 Å². The van der Waals surface area contributed by atoms with E-state index in [9.17, 15) is 4.79 Å². The fraction of sp³-hybridized carbons (Fsp3) is 0.846. The van der Waals surface area contributed by atoms with E-state index in [4.69, 9.17) is 5.73 Å². The van der Waals surface area contributed by atoms with Crippen molar-refractivity contribution in [1.82, 2.24) is 5.43 Å². The highest BCUT2D eigenvalue weighted by Crippen LogP contribution is 2.09. The zero-order chi connectivity index (χ0) is 12.8. The topological polar surface area (TPSA) is 67.5 Å². The Kier molecular flexibility index (Phi) is 12.2. The number of primary amides is 1. The van der Waals surface area contributed by atoms with Gasteiger partial charge in [0.2, 0.25) is 0 Å². The summed E-state index contributed by atoms with van der Waals surface area (Å²) in [6, 6.07) is -0.603. The van der Waals surface area contributed by atoms with Gasteiger partial charge in [-0.15, -0.1) is 0 Å². The van der Waals surface area contributed by atoms with Crippen LogP contribution in [0.3, 0.4) is 0 Å². The van der Waals surface area contributed by atoms with Gasteiger partial charge in [-0.25, -0.2) is 10.2 Å². The Labute approximate surface area is 105 Å². The molecule has 4 heteroatoms. The van der Waals surface area contributed by atoms with Gasteiger partial charge in [-0.1, -0.05) is 58.3 Å². The van der Waals surface area contributed by atoms with Gasteiger partial charge in [-0.2, -0.15) is 5.10 Å². The molecule has 0 aliphatic rings. The maximum Gasteiger partial charge on any atom is 0.332 e. The molecule has 0 heterocycles. The molecule has 0 bridgehead atoms. The van der Waals surface area contributed by atoms with Crippen molar-refractivity contribution in [1.29, 1.82) is 0 Å². The molecule has 0 aromatic heterocycles. The van der Waals surface area contributed by atoms with Crippen LogP contribution in [0.25, 0.3) is 0 Å². The number of nitrogens with zero attached hydrogens (tertiary/aromatic N) is 1. The van der Waals surface area contributed by atoms with Crippen LogP contribution >= 0.6 is 0 Å². The van der Waals surface area contributed by atoms with Crippen LogP contribution in [0.2, 0.25) is 0 Å². The largest absolute Gasteiger partial charge is 0.350 e. The summed E-state index contributed by atoms with van der Waals surface area (Å²) in [6.07, 6.45) is 14.5. The molecule has 0 saturated carbocycles. The van der Waals surface area contributed by atoms with Gasteiger partial charge in [0.05, 0.1) is 0 Å². The van der Waals surface area contributed by atoms with E-state index in [1.165, 1.54) is 51.4 Å². The molecule has 0 atom stereocenters. The number of carbonyl (C=O) groups is 1. The summed E-state index contributed by atoms with van der Waals surface area (Å²) in [5.74, 6) is 0. The van der Waals surface area contributed by atoms with Crippen molar-refractivity contribution in [2.45, 2.75) is 71.1 Å². The zero-order valence-electron chi connectivity index (χ0n) is 11.1. The summed E-state index contributed by atoms with van der Waals surface area (Å²) in [4.78, 5) is 10.3. The summed E-state index contributed by atoms with van der Waals surface area (Å²) >= 11 is 0. The van der Waals surface area contributed by atoms with E-state index >= 15 is 0 Å². The van der Waals surface area contributed by atoms with Crippen LogP contribution in [0.15, 0.2) is 5.10 Å². The number of amides is 2. The molecular weight excluding hydrogens is 214 g/mol. The second kappa shape index (κ2) is 13.0. The van der Waals surface area contributed by atoms with Gasteiger partial charge >= 0.3 is 6.03 Å².